The number of aliphatic hydroxyl groups is 1. The van der Waals surface area contributed by atoms with Crippen LogP contribution in [0.5, 0.6) is 0 Å². The Morgan fingerprint density at radius 2 is 1.59 bits per heavy atom. The summed E-state index contributed by atoms with van der Waals surface area (Å²) in [5.41, 5.74) is 5.07. The lowest BCUT2D eigenvalue weighted by Crippen LogP contribution is -2.31. The van der Waals surface area contributed by atoms with Gasteiger partial charge in [0.25, 0.3) is 0 Å². The van der Waals surface area contributed by atoms with Crippen LogP contribution in [0.1, 0.15) is 18.9 Å². The maximum Gasteiger partial charge on any atom is 0.0768 e. The fourth-order valence-corrected chi connectivity index (χ4v) is 3.58. The average Bonchev–Trinajstić information content (AvgIpc) is 3.07. The van der Waals surface area contributed by atoms with Gasteiger partial charge in [-0.2, -0.15) is 0 Å². The zero-order valence-electron chi connectivity index (χ0n) is 15.3. The molecule has 4 rings (SSSR count). The van der Waals surface area contributed by atoms with Gasteiger partial charge in [0.2, 0.25) is 0 Å². The third-order valence-corrected chi connectivity index (χ3v) is 4.70. The molecule has 0 aliphatic rings. The average molecular weight is 358 g/mol. The lowest BCUT2D eigenvalue weighted by Gasteiger charge is -2.29. The smallest absolute Gasteiger partial charge is 0.0768 e. The van der Waals surface area contributed by atoms with Crippen molar-refractivity contribution in [1.82, 2.24) is 14.6 Å². The predicted molar refractivity (Wildman–Crippen MR) is 108 cm³/mol. The highest BCUT2D eigenvalue weighted by Crippen LogP contribution is 2.35. The third kappa shape index (κ3) is 3.06. The first-order chi connectivity index (χ1) is 13.3. The molecule has 27 heavy (non-hydrogen) atoms. The van der Waals surface area contributed by atoms with Gasteiger partial charge in [0.15, 0.2) is 0 Å². The van der Waals surface area contributed by atoms with Crippen molar-refractivity contribution in [3.05, 3.63) is 78.9 Å². The molecule has 0 fully saturated rings. The van der Waals surface area contributed by atoms with Gasteiger partial charge in [-0.3, -0.25) is 19.7 Å². The molecule has 4 aromatic rings. The summed E-state index contributed by atoms with van der Waals surface area (Å²) < 4.78 is 2.22. The van der Waals surface area contributed by atoms with Crippen LogP contribution in [0.15, 0.2) is 73.3 Å². The van der Waals surface area contributed by atoms with E-state index >= 15 is 0 Å². The highest BCUT2D eigenvalue weighted by Gasteiger charge is 2.22. The summed E-state index contributed by atoms with van der Waals surface area (Å²) in [6.45, 7) is 2.98. The van der Waals surface area contributed by atoms with Crippen LogP contribution in [0.4, 0.5) is 5.69 Å². The molecule has 3 heterocycles. The minimum Gasteiger partial charge on any atom is -0.392 e. The topological polar surface area (TPSA) is 54.2 Å². The van der Waals surface area contributed by atoms with Crippen LogP contribution in [0.3, 0.4) is 0 Å². The second-order valence-corrected chi connectivity index (χ2v) is 6.38. The molecule has 0 saturated heterocycles. The van der Waals surface area contributed by atoms with Crippen molar-refractivity contribution >= 4 is 16.6 Å². The quantitative estimate of drug-likeness (QED) is 0.559. The Morgan fingerprint density at radius 3 is 2.26 bits per heavy atom. The Bertz CT molecular complexity index is 1030. The molecule has 0 spiro atoms. The van der Waals surface area contributed by atoms with E-state index in [0.717, 1.165) is 46.4 Å². The molecular weight excluding hydrogens is 336 g/mol. The molecule has 1 aromatic carbocycles. The molecule has 0 aliphatic carbocycles. The number of rotatable bonds is 6. The summed E-state index contributed by atoms with van der Waals surface area (Å²) in [4.78, 5) is 8.32. The first-order valence-corrected chi connectivity index (χ1v) is 9.16. The Labute approximate surface area is 158 Å². The van der Waals surface area contributed by atoms with Gasteiger partial charge >= 0.3 is 0 Å². The molecule has 136 valence electrons. The number of para-hydroxylation sites is 1. The van der Waals surface area contributed by atoms with E-state index < -0.39 is 0 Å². The first-order valence-electron chi connectivity index (χ1n) is 9.16. The van der Waals surface area contributed by atoms with E-state index in [1.54, 1.807) is 12.4 Å². The molecule has 0 saturated carbocycles. The predicted octanol–water partition coefficient (Wildman–Crippen LogP) is 4.27. The summed E-state index contributed by atoms with van der Waals surface area (Å²) in [5.74, 6) is 0. The van der Waals surface area contributed by atoms with Gasteiger partial charge in [-0.25, -0.2) is 0 Å². The maximum absolute atomic E-state index is 10.2. The van der Waals surface area contributed by atoms with Crippen molar-refractivity contribution in [2.75, 3.05) is 11.6 Å². The largest absolute Gasteiger partial charge is 0.392 e. The molecular formula is C22H22N4O. The first kappa shape index (κ1) is 17.2. The molecule has 1 N–H and O–H groups in total. The summed E-state index contributed by atoms with van der Waals surface area (Å²) in [7, 11) is 0. The normalized spacial score (nSPS) is 11.0. The molecule has 5 nitrogen and oxygen atoms in total. The summed E-state index contributed by atoms with van der Waals surface area (Å²) in [6.07, 6.45) is 8.18. The third-order valence-electron chi connectivity index (χ3n) is 4.70. The standard InChI is InChI=1S/C22H22N4O/c1-2-15-25(18-9-13-24-14-10-18)26-21-6-4-3-5-19(21)20(16-27)22(26)17-7-11-23-12-8-17/h3-14,27H,2,15-16H2,1H3. The van der Waals surface area contributed by atoms with Crippen molar-refractivity contribution in [3.8, 4) is 11.3 Å². The fraction of sp³-hybridized carbons (Fsp3) is 0.182. The highest BCUT2D eigenvalue weighted by atomic mass is 16.3. The van der Waals surface area contributed by atoms with Crippen LogP contribution >= 0.6 is 0 Å². The lowest BCUT2D eigenvalue weighted by atomic mass is 10.1. The van der Waals surface area contributed by atoms with Crippen molar-refractivity contribution in [1.29, 1.82) is 0 Å². The minimum absolute atomic E-state index is 0.0263. The van der Waals surface area contributed by atoms with E-state index in [1.807, 2.05) is 48.8 Å². The van der Waals surface area contributed by atoms with E-state index in [1.165, 1.54) is 0 Å². The second-order valence-electron chi connectivity index (χ2n) is 6.38. The maximum atomic E-state index is 10.2. The zero-order valence-corrected chi connectivity index (χ0v) is 15.3. The van der Waals surface area contributed by atoms with Crippen LogP contribution in [0, 0.1) is 0 Å². The van der Waals surface area contributed by atoms with E-state index in [9.17, 15) is 5.11 Å². The molecule has 0 atom stereocenters. The van der Waals surface area contributed by atoms with Gasteiger partial charge in [0.05, 0.1) is 23.5 Å². The fourth-order valence-electron chi connectivity index (χ4n) is 3.58. The van der Waals surface area contributed by atoms with Gasteiger partial charge in [0, 0.05) is 47.8 Å². The molecule has 5 heteroatoms. The van der Waals surface area contributed by atoms with E-state index in [4.69, 9.17) is 0 Å². The van der Waals surface area contributed by atoms with Crippen LogP contribution in [0.2, 0.25) is 0 Å². The summed E-state index contributed by atoms with van der Waals surface area (Å²) in [6, 6.07) is 16.2. The number of nitrogens with zero attached hydrogens (tertiary/aromatic N) is 4. The van der Waals surface area contributed by atoms with Gasteiger partial charge in [-0.05, 0) is 36.8 Å². The number of aliphatic hydroxyl groups excluding tert-OH is 1. The Hall–Kier alpha value is -3.18. The van der Waals surface area contributed by atoms with Crippen LogP contribution in [-0.4, -0.2) is 26.3 Å². The number of pyridine rings is 2. The molecule has 3 aromatic heterocycles. The van der Waals surface area contributed by atoms with Crippen LogP contribution < -0.4 is 5.01 Å². The SMILES string of the molecule is CCCN(c1ccncc1)n1c(-c2ccncc2)c(CO)c2ccccc21. The van der Waals surface area contributed by atoms with Crippen molar-refractivity contribution < 1.29 is 5.11 Å². The van der Waals surface area contributed by atoms with Crippen molar-refractivity contribution in [2.24, 2.45) is 0 Å². The van der Waals surface area contributed by atoms with E-state index in [2.05, 4.69) is 38.7 Å². The van der Waals surface area contributed by atoms with Gasteiger partial charge in [-0.1, -0.05) is 25.1 Å². The van der Waals surface area contributed by atoms with Crippen molar-refractivity contribution in [2.45, 2.75) is 20.0 Å². The monoisotopic (exact) mass is 358 g/mol. The molecule has 0 unspecified atom stereocenters. The van der Waals surface area contributed by atoms with Crippen LogP contribution in [-0.2, 0) is 6.61 Å². The van der Waals surface area contributed by atoms with E-state index in [0.29, 0.717) is 0 Å². The molecule has 0 radical (unpaired) electrons. The number of aromatic nitrogens is 3. The number of fused-ring (bicyclic) bond motifs is 1. The van der Waals surface area contributed by atoms with Gasteiger partial charge < -0.3 is 5.11 Å². The Balaban J connectivity index is 2.06. The molecule has 0 aliphatic heterocycles. The highest BCUT2D eigenvalue weighted by molar-refractivity contribution is 5.92. The van der Waals surface area contributed by atoms with Crippen molar-refractivity contribution in [3.63, 3.8) is 0 Å². The Kier molecular flexibility index (Phi) is 4.85. The summed E-state index contributed by atoms with van der Waals surface area (Å²) >= 11 is 0. The Morgan fingerprint density at radius 1 is 0.926 bits per heavy atom. The van der Waals surface area contributed by atoms with E-state index in [-0.39, 0.29) is 6.61 Å². The molecule has 0 amide bonds. The number of hydrogen-bond acceptors (Lipinski definition) is 4. The zero-order chi connectivity index (χ0) is 18.6. The number of anilines is 1. The minimum atomic E-state index is -0.0263. The van der Waals surface area contributed by atoms with Crippen LogP contribution in [0.25, 0.3) is 22.2 Å². The van der Waals surface area contributed by atoms with Gasteiger partial charge in [-0.15, -0.1) is 0 Å². The summed E-state index contributed by atoms with van der Waals surface area (Å²) in [5, 5.41) is 13.5. The molecule has 0 bridgehead atoms. The number of hydrogen-bond donors (Lipinski definition) is 1. The number of benzene rings is 1. The van der Waals surface area contributed by atoms with Gasteiger partial charge in [0.1, 0.15) is 0 Å². The lowest BCUT2D eigenvalue weighted by molar-refractivity contribution is 0.283. The second kappa shape index (κ2) is 7.60.